The highest BCUT2D eigenvalue weighted by molar-refractivity contribution is 5.66. The zero-order valence-corrected chi connectivity index (χ0v) is 8.68. The Morgan fingerprint density at radius 1 is 1.35 bits per heavy atom. The lowest BCUT2D eigenvalue weighted by molar-refractivity contribution is -0.137. The van der Waals surface area contributed by atoms with E-state index >= 15 is 0 Å². The predicted molar refractivity (Wildman–Crippen MR) is 58.1 cm³/mol. The number of H-pyrrole nitrogens is 1. The van der Waals surface area contributed by atoms with E-state index in [4.69, 9.17) is 5.11 Å². The molecule has 17 heavy (non-hydrogen) atoms. The Morgan fingerprint density at radius 3 is 2.59 bits per heavy atom. The van der Waals surface area contributed by atoms with E-state index in [1.54, 1.807) is 30.3 Å². The number of nitrogens with zero attached hydrogens (tertiary/aromatic N) is 1. The van der Waals surface area contributed by atoms with Crippen molar-refractivity contribution in [2.45, 2.75) is 6.54 Å². The summed E-state index contributed by atoms with van der Waals surface area (Å²) in [5.74, 6) is -2.19. The quantitative estimate of drug-likeness (QED) is 0.836. The molecule has 2 rings (SSSR count). The van der Waals surface area contributed by atoms with Crippen LogP contribution in [0.3, 0.4) is 0 Å². The van der Waals surface area contributed by atoms with Crippen molar-refractivity contribution in [3.8, 4) is 11.3 Å². The fraction of sp³-hybridized carbons (Fsp3) is 0.0909. The highest BCUT2D eigenvalue weighted by Crippen LogP contribution is 2.17. The largest absolute Gasteiger partial charge is 0.480 e. The van der Waals surface area contributed by atoms with Crippen LogP contribution in [-0.4, -0.2) is 20.9 Å². The summed E-state index contributed by atoms with van der Waals surface area (Å²) in [5, 5.41) is 11.0. The van der Waals surface area contributed by atoms with Crippen LogP contribution in [0.25, 0.3) is 11.3 Å². The van der Waals surface area contributed by atoms with Crippen LogP contribution in [0.5, 0.6) is 0 Å². The summed E-state index contributed by atoms with van der Waals surface area (Å²) in [5.41, 5.74) is -0.477. The number of halogens is 1. The van der Waals surface area contributed by atoms with E-state index in [0.29, 0.717) is 5.56 Å². The first-order valence-corrected chi connectivity index (χ1v) is 4.85. The summed E-state index contributed by atoms with van der Waals surface area (Å²) in [7, 11) is 0. The Hall–Kier alpha value is -2.37. The number of aromatic nitrogens is 2. The average Bonchev–Trinajstić information content (AvgIpc) is 2.58. The lowest BCUT2D eigenvalue weighted by atomic mass is 10.1. The van der Waals surface area contributed by atoms with Crippen LogP contribution >= 0.6 is 0 Å². The number of carbonyl (C=O) groups is 1. The molecule has 5 nitrogen and oxygen atoms in total. The molecule has 6 heteroatoms. The molecule has 0 unspecified atom stereocenters. The second kappa shape index (κ2) is 4.25. The zero-order valence-electron chi connectivity index (χ0n) is 8.68. The van der Waals surface area contributed by atoms with Crippen molar-refractivity contribution in [1.82, 2.24) is 9.78 Å². The molecule has 0 aliphatic heterocycles. The number of carboxylic acids is 1. The first-order valence-electron chi connectivity index (χ1n) is 4.85. The van der Waals surface area contributed by atoms with Crippen molar-refractivity contribution in [3.63, 3.8) is 0 Å². The molecule has 0 bridgehead atoms. The van der Waals surface area contributed by atoms with Crippen molar-refractivity contribution in [2.24, 2.45) is 0 Å². The van der Waals surface area contributed by atoms with Gasteiger partial charge in [-0.25, -0.2) is 4.68 Å². The number of nitrogens with one attached hydrogen (secondary N) is 1. The van der Waals surface area contributed by atoms with Gasteiger partial charge in [0.1, 0.15) is 12.2 Å². The fourth-order valence-corrected chi connectivity index (χ4v) is 1.50. The van der Waals surface area contributed by atoms with Crippen molar-refractivity contribution >= 4 is 5.97 Å². The van der Waals surface area contributed by atoms with E-state index in [1.807, 2.05) is 0 Å². The Bertz CT molecular complexity index is 601. The molecule has 0 aliphatic carbocycles. The monoisotopic (exact) mass is 236 g/mol. The van der Waals surface area contributed by atoms with Crippen molar-refractivity contribution < 1.29 is 14.3 Å². The predicted octanol–water partition coefficient (Wildman–Crippen LogP) is 1.07. The summed E-state index contributed by atoms with van der Waals surface area (Å²) in [6.07, 6.45) is 0. The third-order valence-corrected chi connectivity index (χ3v) is 2.26. The van der Waals surface area contributed by atoms with Gasteiger partial charge in [-0.3, -0.25) is 14.7 Å². The van der Waals surface area contributed by atoms with E-state index in [-0.39, 0.29) is 5.69 Å². The summed E-state index contributed by atoms with van der Waals surface area (Å²) in [6, 6.07) is 8.40. The van der Waals surface area contributed by atoms with Crippen LogP contribution in [0.15, 0.2) is 35.1 Å². The fourth-order valence-electron chi connectivity index (χ4n) is 1.50. The van der Waals surface area contributed by atoms with Crippen molar-refractivity contribution in [3.05, 3.63) is 46.5 Å². The standard InChI is InChI=1S/C11H9FN2O3/c12-9-10(7-4-2-1-3-5-7)13-14(11(9)17)6-8(15)16/h1-5,13H,6H2,(H,15,16). The highest BCUT2D eigenvalue weighted by Gasteiger charge is 2.16. The van der Waals surface area contributed by atoms with Crippen LogP contribution in [-0.2, 0) is 11.3 Å². The second-order valence-corrected chi connectivity index (χ2v) is 3.45. The summed E-state index contributed by atoms with van der Waals surface area (Å²) < 4.78 is 14.3. The van der Waals surface area contributed by atoms with Gasteiger partial charge in [0.05, 0.1) is 0 Å². The van der Waals surface area contributed by atoms with Gasteiger partial charge in [0.2, 0.25) is 5.82 Å². The number of benzene rings is 1. The Morgan fingerprint density at radius 2 is 2.00 bits per heavy atom. The molecule has 0 spiro atoms. The van der Waals surface area contributed by atoms with Crippen LogP contribution in [0.4, 0.5) is 4.39 Å². The van der Waals surface area contributed by atoms with Crippen LogP contribution < -0.4 is 5.56 Å². The normalized spacial score (nSPS) is 10.4. The third kappa shape index (κ3) is 2.10. The van der Waals surface area contributed by atoms with Crippen LogP contribution in [0, 0.1) is 5.82 Å². The van der Waals surface area contributed by atoms with E-state index in [9.17, 15) is 14.0 Å². The molecule has 0 amide bonds. The van der Waals surface area contributed by atoms with Gasteiger partial charge in [0.15, 0.2) is 0 Å². The molecule has 0 fully saturated rings. The van der Waals surface area contributed by atoms with Gasteiger partial charge in [0.25, 0.3) is 0 Å². The molecule has 0 saturated heterocycles. The maximum Gasteiger partial charge on any atom is 0.325 e. The molecule has 0 saturated carbocycles. The van der Waals surface area contributed by atoms with Gasteiger partial charge >= 0.3 is 11.5 Å². The minimum atomic E-state index is -1.21. The zero-order chi connectivity index (χ0) is 12.4. The lowest BCUT2D eigenvalue weighted by Gasteiger charge is -1.97. The second-order valence-electron chi connectivity index (χ2n) is 3.45. The molecule has 88 valence electrons. The topological polar surface area (TPSA) is 75.1 Å². The first-order chi connectivity index (χ1) is 8.09. The van der Waals surface area contributed by atoms with Crippen molar-refractivity contribution in [2.75, 3.05) is 0 Å². The first kappa shape index (κ1) is 11.1. The van der Waals surface area contributed by atoms with Gasteiger partial charge in [-0.05, 0) is 0 Å². The SMILES string of the molecule is O=C(O)Cn1[nH]c(-c2ccccc2)c(F)c1=O. The number of aliphatic carboxylic acids is 1. The highest BCUT2D eigenvalue weighted by atomic mass is 19.1. The minimum absolute atomic E-state index is 0.00292. The Balaban J connectivity index is 2.51. The van der Waals surface area contributed by atoms with Gasteiger partial charge in [-0.2, -0.15) is 4.39 Å². The number of aromatic amines is 1. The molecule has 0 atom stereocenters. The molecule has 2 aromatic rings. The molecular weight excluding hydrogens is 227 g/mol. The minimum Gasteiger partial charge on any atom is -0.480 e. The number of hydrogen-bond donors (Lipinski definition) is 2. The molecular formula is C11H9FN2O3. The molecule has 2 N–H and O–H groups in total. The van der Waals surface area contributed by atoms with E-state index in [2.05, 4.69) is 5.10 Å². The average molecular weight is 236 g/mol. The van der Waals surface area contributed by atoms with Gasteiger partial charge in [-0.1, -0.05) is 30.3 Å². The maximum absolute atomic E-state index is 13.6. The molecule has 1 aromatic heterocycles. The van der Waals surface area contributed by atoms with E-state index < -0.39 is 23.9 Å². The van der Waals surface area contributed by atoms with Gasteiger partial charge in [-0.15, -0.1) is 0 Å². The van der Waals surface area contributed by atoms with Crippen LogP contribution in [0.1, 0.15) is 0 Å². The van der Waals surface area contributed by atoms with Gasteiger partial charge in [0, 0.05) is 5.56 Å². The van der Waals surface area contributed by atoms with E-state index in [0.717, 1.165) is 4.68 Å². The summed E-state index contributed by atoms with van der Waals surface area (Å²) in [6.45, 7) is -0.595. The number of rotatable bonds is 3. The van der Waals surface area contributed by atoms with Gasteiger partial charge < -0.3 is 5.11 Å². The Labute approximate surface area is 95.1 Å². The lowest BCUT2D eigenvalue weighted by Crippen LogP contribution is -2.22. The number of carboxylic acid groups (broad SMARTS) is 1. The van der Waals surface area contributed by atoms with Crippen molar-refractivity contribution in [1.29, 1.82) is 0 Å². The number of hydrogen-bond acceptors (Lipinski definition) is 2. The summed E-state index contributed by atoms with van der Waals surface area (Å²) in [4.78, 5) is 21.9. The third-order valence-electron chi connectivity index (χ3n) is 2.26. The molecule has 0 aliphatic rings. The molecule has 1 aromatic carbocycles. The molecule has 1 heterocycles. The maximum atomic E-state index is 13.6. The summed E-state index contributed by atoms with van der Waals surface area (Å²) >= 11 is 0. The molecule has 0 radical (unpaired) electrons. The van der Waals surface area contributed by atoms with E-state index in [1.165, 1.54) is 0 Å². The Kier molecular flexibility index (Phi) is 2.78. The van der Waals surface area contributed by atoms with Crippen LogP contribution in [0.2, 0.25) is 0 Å². The smallest absolute Gasteiger partial charge is 0.325 e.